The fourth-order valence-corrected chi connectivity index (χ4v) is 2.96. The van der Waals surface area contributed by atoms with Gasteiger partial charge >= 0.3 is 0 Å². The number of rotatable bonds is 7. The standard InChI is InChI=1S/C17H27NO3/c1-20-15-8-14(9-16(10-15)21-2)17(19)12-18-11-13-6-4-3-5-7-13/h8-10,13,17-19H,3-7,11-12H2,1-2H3. The predicted molar refractivity (Wildman–Crippen MR) is 84.0 cm³/mol. The van der Waals surface area contributed by atoms with Gasteiger partial charge in [-0.15, -0.1) is 0 Å². The summed E-state index contributed by atoms with van der Waals surface area (Å²) in [5, 5.41) is 13.7. The van der Waals surface area contributed by atoms with Gasteiger partial charge in [-0.25, -0.2) is 0 Å². The van der Waals surface area contributed by atoms with Crippen LogP contribution in [0.4, 0.5) is 0 Å². The van der Waals surface area contributed by atoms with Gasteiger partial charge in [0.25, 0.3) is 0 Å². The Morgan fingerprint density at radius 1 is 1.10 bits per heavy atom. The zero-order valence-corrected chi connectivity index (χ0v) is 13.1. The van der Waals surface area contributed by atoms with E-state index in [1.807, 2.05) is 18.2 Å². The molecule has 118 valence electrons. The molecule has 1 atom stereocenters. The molecule has 0 radical (unpaired) electrons. The molecule has 1 aliphatic carbocycles. The Morgan fingerprint density at radius 3 is 2.29 bits per heavy atom. The molecule has 0 aliphatic heterocycles. The van der Waals surface area contributed by atoms with Crippen LogP contribution in [0.3, 0.4) is 0 Å². The second-order valence-corrected chi connectivity index (χ2v) is 5.82. The molecule has 0 aromatic heterocycles. The molecular formula is C17H27NO3. The number of hydrogen-bond donors (Lipinski definition) is 2. The van der Waals surface area contributed by atoms with Gasteiger partial charge in [-0.05, 0) is 43.0 Å². The van der Waals surface area contributed by atoms with Crippen LogP contribution in [0.1, 0.15) is 43.8 Å². The highest BCUT2D eigenvalue weighted by Gasteiger charge is 2.15. The Balaban J connectivity index is 1.85. The maximum absolute atomic E-state index is 10.3. The molecule has 1 aromatic carbocycles. The number of ether oxygens (including phenoxy) is 2. The van der Waals surface area contributed by atoms with E-state index in [0.717, 1.165) is 18.0 Å². The Bertz CT molecular complexity index is 408. The van der Waals surface area contributed by atoms with Crippen LogP contribution in [0.2, 0.25) is 0 Å². The van der Waals surface area contributed by atoms with Gasteiger partial charge in [0.2, 0.25) is 0 Å². The molecule has 0 saturated heterocycles. The molecule has 0 heterocycles. The van der Waals surface area contributed by atoms with Crippen molar-refractivity contribution >= 4 is 0 Å². The number of aliphatic hydroxyl groups is 1. The highest BCUT2D eigenvalue weighted by molar-refractivity contribution is 5.39. The minimum atomic E-state index is -0.544. The normalized spacial score (nSPS) is 17.5. The first kappa shape index (κ1) is 16.1. The molecule has 0 bridgehead atoms. The largest absolute Gasteiger partial charge is 0.497 e. The Hall–Kier alpha value is -1.26. The fraction of sp³-hybridized carbons (Fsp3) is 0.647. The van der Waals surface area contributed by atoms with Crippen LogP contribution in [-0.4, -0.2) is 32.4 Å². The quantitative estimate of drug-likeness (QED) is 0.811. The monoisotopic (exact) mass is 293 g/mol. The van der Waals surface area contributed by atoms with Crippen molar-refractivity contribution in [3.63, 3.8) is 0 Å². The predicted octanol–water partition coefficient (Wildman–Crippen LogP) is 2.91. The van der Waals surface area contributed by atoms with Gasteiger partial charge in [-0.2, -0.15) is 0 Å². The molecule has 1 aromatic rings. The summed E-state index contributed by atoms with van der Waals surface area (Å²) in [6.07, 6.45) is 6.16. The third kappa shape index (κ3) is 4.90. The van der Waals surface area contributed by atoms with Crippen molar-refractivity contribution in [2.45, 2.75) is 38.2 Å². The molecule has 4 heteroatoms. The maximum atomic E-state index is 10.3. The van der Waals surface area contributed by atoms with Crippen LogP contribution in [0.15, 0.2) is 18.2 Å². The Labute approximate surface area is 127 Å². The average molecular weight is 293 g/mol. The third-order valence-electron chi connectivity index (χ3n) is 4.25. The van der Waals surface area contributed by atoms with Crippen molar-refractivity contribution in [1.29, 1.82) is 0 Å². The summed E-state index contributed by atoms with van der Waals surface area (Å²) >= 11 is 0. The lowest BCUT2D eigenvalue weighted by Gasteiger charge is -2.22. The van der Waals surface area contributed by atoms with Crippen LogP contribution in [-0.2, 0) is 0 Å². The first-order valence-corrected chi connectivity index (χ1v) is 7.84. The highest BCUT2D eigenvalue weighted by Crippen LogP contribution is 2.26. The number of methoxy groups -OCH3 is 2. The second-order valence-electron chi connectivity index (χ2n) is 5.82. The van der Waals surface area contributed by atoms with Gasteiger partial charge in [0.1, 0.15) is 11.5 Å². The molecule has 1 aliphatic rings. The summed E-state index contributed by atoms with van der Waals surface area (Å²) in [5.74, 6) is 2.18. The van der Waals surface area contributed by atoms with Gasteiger partial charge in [0.15, 0.2) is 0 Å². The van der Waals surface area contributed by atoms with Gasteiger partial charge in [0.05, 0.1) is 20.3 Å². The molecular weight excluding hydrogens is 266 g/mol. The molecule has 0 amide bonds. The molecule has 4 nitrogen and oxygen atoms in total. The lowest BCUT2D eigenvalue weighted by Crippen LogP contribution is -2.28. The van der Waals surface area contributed by atoms with Gasteiger partial charge in [-0.3, -0.25) is 0 Å². The average Bonchev–Trinajstić information content (AvgIpc) is 2.55. The molecule has 1 fully saturated rings. The minimum absolute atomic E-state index is 0.544. The van der Waals surface area contributed by atoms with E-state index in [0.29, 0.717) is 18.0 Å². The van der Waals surface area contributed by atoms with E-state index >= 15 is 0 Å². The van der Waals surface area contributed by atoms with Gasteiger partial charge in [-0.1, -0.05) is 19.3 Å². The van der Waals surface area contributed by atoms with E-state index < -0.39 is 6.10 Å². The first-order chi connectivity index (χ1) is 10.2. The van der Waals surface area contributed by atoms with Crippen LogP contribution in [0.25, 0.3) is 0 Å². The van der Waals surface area contributed by atoms with E-state index in [1.165, 1.54) is 32.1 Å². The maximum Gasteiger partial charge on any atom is 0.122 e. The van der Waals surface area contributed by atoms with Crippen molar-refractivity contribution < 1.29 is 14.6 Å². The number of nitrogens with one attached hydrogen (secondary N) is 1. The van der Waals surface area contributed by atoms with Crippen molar-refractivity contribution in [3.8, 4) is 11.5 Å². The SMILES string of the molecule is COc1cc(OC)cc(C(O)CNCC2CCCCC2)c1. The molecule has 2 N–H and O–H groups in total. The molecule has 2 rings (SSSR count). The van der Waals surface area contributed by atoms with E-state index in [9.17, 15) is 5.11 Å². The zero-order valence-electron chi connectivity index (χ0n) is 13.1. The topological polar surface area (TPSA) is 50.7 Å². The van der Waals surface area contributed by atoms with Crippen molar-refractivity contribution in [1.82, 2.24) is 5.32 Å². The van der Waals surface area contributed by atoms with Gasteiger partial charge in [0, 0.05) is 12.6 Å². The van der Waals surface area contributed by atoms with Gasteiger partial charge < -0.3 is 19.9 Å². The van der Waals surface area contributed by atoms with E-state index in [4.69, 9.17) is 9.47 Å². The summed E-state index contributed by atoms with van der Waals surface area (Å²) in [5.41, 5.74) is 0.822. The Morgan fingerprint density at radius 2 is 1.71 bits per heavy atom. The second kappa shape index (κ2) is 8.25. The summed E-state index contributed by atoms with van der Waals surface area (Å²) in [6, 6.07) is 5.52. The highest BCUT2D eigenvalue weighted by atomic mass is 16.5. The van der Waals surface area contributed by atoms with Crippen LogP contribution in [0.5, 0.6) is 11.5 Å². The molecule has 1 unspecified atom stereocenters. The molecule has 21 heavy (non-hydrogen) atoms. The lowest BCUT2D eigenvalue weighted by molar-refractivity contribution is 0.170. The zero-order chi connectivity index (χ0) is 15.1. The number of hydrogen-bond acceptors (Lipinski definition) is 4. The van der Waals surface area contributed by atoms with Crippen molar-refractivity contribution in [2.75, 3.05) is 27.3 Å². The van der Waals surface area contributed by atoms with Crippen molar-refractivity contribution in [3.05, 3.63) is 23.8 Å². The van der Waals surface area contributed by atoms with Crippen LogP contribution < -0.4 is 14.8 Å². The third-order valence-corrected chi connectivity index (χ3v) is 4.25. The van der Waals surface area contributed by atoms with Crippen LogP contribution in [0, 0.1) is 5.92 Å². The summed E-state index contributed by atoms with van der Waals surface area (Å²) < 4.78 is 10.5. The lowest BCUT2D eigenvalue weighted by atomic mass is 9.89. The van der Waals surface area contributed by atoms with E-state index in [-0.39, 0.29) is 0 Å². The fourth-order valence-electron chi connectivity index (χ4n) is 2.96. The minimum Gasteiger partial charge on any atom is -0.497 e. The number of aliphatic hydroxyl groups excluding tert-OH is 1. The smallest absolute Gasteiger partial charge is 0.122 e. The van der Waals surface area contributed by atoms with Crippen molar-refractivity contribution in [2.24, 2.45) is 5.92 Å². The summed E-state index contributed by atoms with van der Waals surface area (Å²) in [4.78, 5) is 0. The summed E-state index contributed by atoms with van der Waals surface area (Å²) in [6.45, 7) is 1.56. The summed E-state index contributed by atoms with van der Waals surface area (Å²) in [7, 11) is 3.23. The number of benzene rings is 1. The Kier molecular flexibility index (Phi) is 6.33. The first-order valence-electron chi connectivity index (χ1n) is 7.84. The van der Waals surface area contributed by atoms with E-state index in [1.54, 1.807) is 14.2 Å². The molecule has 1 saturated carbocycles. The molecule has 0 spiro atoms. The van der Waals surface area contributed by atoms with Crippen LogP contribution >= 0.6 is 0 Å². The van der Waals surface area contributed by atoms with E-state index in [2.05, 4.69) is 5.32 Å².